The molecule has 0 aromatic heterocycles. The van der Waals surface area contributed by atoms with E-state index >= 15 is 0 Å². The molecule has 1 aliphatic heterocycles. The minimum Gasteiger partial charge on any atom is -0.454 e. The van der Waals surface area contributed by atoms with Crippen LogP contribution in [-0.4, -0.2) is 50.2 Å². The lowest BCUT2D eigenvalue weighted by Crippen LogP contribution is -2.67. The number of carbonyl (C=O) groups is 1. The highest BCUT2D eigenvalue weighted by Crippen LogP contribution is 2.74. The molecule has 4 aliphatic carbocycles. The Labute approximate surface area is 262 Å². The van der Waals surface area contributed by atoms with Gasteiger partial charge in [-0.1, -0.05) is 41.0 Å². The van der Waals surface area contributed by atoms with E-state index in [0.717, 1.165) is 57.8 Å². The van der Waals surface area contributed by atoms with Crippen LogP contribution in [0.2, 0.25) is 0 Å². The van der Waals surface area contributed by atoms with Crippen molar-refractivity contribution in [1.82, 2.24) is 10.0 Å². The predicted octanol–water partition coefficient (Wildman–Crippen LogP) is 5.45. The van der Waals surface area contributed by atoms with Gasteiger partial charge in [-0.2, -0.15) is 0 Å². The van der Waals surface area contributed by atoms with Crippen LogP contribution in [0.5, 0.6) is 11.5 Å². The van der Waals surface area contributed by atoms with Gasteiger partial charge in [0.25, 0.3) is 10.0 Å². The molecule has 0 unspecified atom stereocenters. The van der Waals surface area contributed by atoms with Crippen LogP contribution in [0.3, 0.4) is 0 Å². The van der Waals surface area contributed by atoms with Gasteiger partial charge in [0.05, 0.1) is 17.1 Å². The number of aliphatic hydroxyl groups is 2. The van der Waals surface area contributed by atoms with Gasteiger partial charge >= 0.3 is 6.03 Å². The van der Waals surface area contributed by atoms with Gasteiger partial charge in [-0.3, -0.25) is 0 Å². The third-order valence-electron chi connectivity index (χ3n) is 13.6. The van der Waals surface area contributed by atoms with Crippen molar-refractivity contribution in [2.75, 3.05) is 13.3 Å². The summed E-state index contributed by atoms with van der Waals surface area (Å²) < 4.78 is 38.2. The maximum absolute atomic E-state index is 12.8. The average molecular weight is 633 g/mol. The van der Waals surface area contributed by atoms with Gasteiger partial charge in [-0.05, 0) is 110 Å². The second-order valence-corrected chi connectivity index (χ2v) is 17.1. The molecule has 0 spiro atoms. The number of hydrogen-bond acceptors (Lipinski definition) is 7. The number of urea groups is 1. The molecule has 2 amide bonds. The lowest BCUT2D eigenvalue weighted by atomic mass is 9.36. The first-order valence-electron chi connectivity index (χ1n) is 16.8. The molecule has 4 N–H and O–H groups in total. The number of fused-ring (bicyclic) bond motifs is 6. The fraction of sp³-hybridized carbons (Fsp3) is 0.794. The van der Waals surface area contributed by atoms with Gasteiger partial charge in [-0.15, -0.1) is 0 Å². The number of benzene rings is 1. The lowest BCUT2D eigenvalue weighted by Gasteiger charge is -2.69. The van der Waals surface area contributed by atoms with Gasteiger partial charge in [-0.25, -0.2) is 17.9 Å². The second-order valence-electron chi connectivity index (χ2n) is 15.4. The van der Waals surface area contributed by atoms with Crippen molar-refractivity contribution in [1.29, 1.82) is 0 Å². The average Bonchev–Trinajstić information content (AvgIpc) is 3.59. The third kappa shape index (κ3) is 4.93. The van der Waals surface area contributed by atoms with Crippen LogP contribution < -0.4 is 19.5 Å². The molecule has 4 fully saturated rings. The van der Waals surface area contributed by atoms with Crippen molar-refractivity contribution in [3.63, 3.8) is 0 Å². The topological polar surface area (TPSA) is 134 Å². The Hall–Kier alpha value is -2.04. The number of sulfonamides is 1. The molecule has 10 heteroatoms. The maximum atomic E-state index is 12.8. The number of amides is 2. The molecule has 6 rings (SSSR count). The lowest BCUT2D eigenvalue weighted by molar-refractivity contribution is -0.250. The maximum Gasteiger partial charge on any atom is 0.328 e. The van der Waals surface area contributed by atoms with E-state index in [9.17, 15) is 23.4 Å². The molecule has 11 atom stereocenters. The summed E-state index contributed by atoms with van der Waals surface area (Å²) in [6.07, 6.45) is 8.29. The monoisotopic (exact) mass is 632 g/mol. The van der Waals surface area contributed by atoms with Crippen LogP contribution in [0.1, 0.15) is 92.4 Å². The van der Waals surface area contributed by atoms with Crippen molar-refractivity contribution in [3.8, 4) is 11.5 Å². The third-order valence-corrected chi connectivity index (χ3v) is 14.9. The molecule has 1 heterocycles. The molecule has 9 nitrogen and oxygen atoms in total. The first kappa shape index (κ1) is 31.9. The molecular weight excluding hydrogens is 580 g/mol. The molecule has 246 valence electrons. The molecular formula is C34H52N2O7S. The highest BCUT2D eigenvalue weighted by Gasteiger charge is 2.69. The summed E-state index contributed by atoms with van der Waals surface area (Å²) >= 11 is 0. The predicted molar refractivity (Wildman–Crippen MR) is 166 cm³/mol. The smallest absolute Gasteiger partial charge is 0.328 e. The normalized spacial score (nSPS) is 41.7. The van der Waals surface area contributed by atoms with Crippen molar-refractivity contribution in [2.24, 2.45) is 51.8 Å². The number of hydrogen-bond donors (Lipinski definition) is 4. The van der Waals surface area contributed by atoms with E-state index in [-0.39, 0.29) is 46.1 Å². The van der Waals surface area contributed by atoms with Gasteiger partial charge in [0.1, 0.15) is 0 Å². The van der Waals surface area contributed by atoms with Crippen LogP contribution in [0.15, 0.2) is 23.1 Å². The zero-order chi connectivity index (χ0) is 31.7. The Morgan fingerprint density at radius 1 is 1.02 bits per heavy atom. The molecule has 5 aliphatic rings. The molecule has 0 radical (unpaired) electrons. The number of carbonyl (C=O) groups excluding carboxylic acids is 1. The Morgan fingerprint density at radius 2 is 1.73 bits per heavy atom. The summed E-state index contributed by atoms with van der Waals surface area (Å²) in [6, 6.07) is 3.53. The van der Waals surface area contributed by atoms with E-state index in [2.05, 4.69) is 44.7 Å². The summed E-state index contributed by atoms with van der Waals surface area (Å²) in [5.74, 6) is 3.09. The minimum absolute atomic E-state index is 0.0379. The Balaban J connectivity index is 1.10. The van der Waals surface area contributed by atoms with Gasteiger partial charge in [0, 0.05) is 18.0 Å². The zero-order valence-corrected chi connectivity index (χ0v) is 27.8. The standard InChI is InChI=1S/C34H52N2O7S/c1-6-23-25-17-21(37)11-14-33(25,4)29-12-15-32(3)24(8-10-28(32)34(29,5)30(23)38)20(2)13-16-35-31(39)36-44(40,41)22-7-9-26-27(18-22)43-19-42-26/h7,9,18,20-21,23-25,28-30,37-38H,6,8,10-17,19H2,1-5H3,(H2,35,36,39)/t20-,21-,23-,24-,25+,28-,29-,30-,32-,33+,34+/m1/s1. The fourth-order valence-electron chi connectivity index (χ4n) is 11.5. The van der Waals surface area contributed by atoms with Gasteiger partial charge < -0.3 is 25.0 Å². The molecule has 0 bridgehead atoms. The Morgan fingerprint density at radius 3 is 2.48 bits per heavy atom. The number of rotatable bonds is 7. The van der Waals surface area contributed by atoms with Crippen LogP contribution in [0.25, 0.3) is 0 Å². The summed E-state index contributed by atoms with van der Waals surface area (Å²) in [6.45, 7) is 12.2. The first-order valence-corrected chi connectivity index (χ1v) is 18.3. The van der Waals surface area contributed by atoms with Crippen LogP contribution in [-0.2, 0) is 10.0 Å². The summed E-state index contributed by atoms with van der Waals surface area (Å²) in [5, 5.41) is 25.5. The molecule has 1 aromatic carbocycles. The van der Waals surface area contributed by atoms with E-state index in [4.69, 9.17) is 9.47 Å². The number of aliphatic hydroxyl groups excluding tert-OH is 2. The SMILES string of the molecule is CC[C@H]1[C@@H](O)[C@@]2(C)[C@@H]3CC[C@H]([C@H](C)CCNC(=O)NS(=O)(=O)c4ccc5c(c4)OCO5)[C@@]3(C)CC[C@@H]2[C@@]2(C)CC[C@@H](O)C[C@@H]12. The molecule has 44 heavy (non-hydrogen) atoms. The molecule has 4 saturated carbocycles. The van der Waals surface area contributed by atoms with E-state index < -0.39 is 16.1 Å². The first-order chi connectivity index (χ1) is 20.8. The van der Waals surface area contributed by atoms with E-state index in [1.54, 1.807) is 0 Å². The van der Waals surface area contributed by atoms with Crippen LogP contribution in [0, 0.1) is 51.8 Å². The fourth-order valence-corrected chi connectivity index (χ4v) is 12.5. The summed E-state index contributed by atoms with van der Waals surface area (Å²) in [5.41, 5.74) is 0.0975. The second kappa shape index (κ2) is 11.3. The van der Waals surface area contributed by atoms with Crippen LogP contribution in [0.4, 0.5) is 4.79 Å². The van der Waals surface area contributed by atoms with E-state index in [0.29, 0.717) is 47.6 Å². The largest absolute Gasteiger partial charge is 0.454 e. The molecule has 1 aromatic rings. The summed E-state index contributed by atoms with van der Waals surface area (Å²) in [4.78, 5) is 12.6. The van der Waals surface area contributed by atoms with Crippen molar-refractivity contribution in [3.05, 3.63) is 18.2 Å². The van der Waals surface area contributed by atoms with Crippen molar-refractivity contribution in [2.45, 2.75) is 110 Å². The van der Waals surface area contributed by atoms with Crippen molar-refractivity contribution >= 4 is 16.1 Å². The Kier molecular flexibility index (Phi) is 8.22. The van der Waals surface area contributed by atoms with Crippen LogP contribution >= 0.6 is 0 Å². The van der Waals surface area contributed by atoms with E-state index in [1.165, 1.54) is 18.2 Å². The number of ether oxygens (including phenoxy) is 2. The molecule has 0 saturated heterocycles. The van der Waals surface area contributed by atoms with Gasteiger partial charge in [0.15, 0.2) is 11.5 Å². The Bertz CT molecular complexity index is 1370. The highest BCUT2D eigenvalue weighted by atomic mass is 32.2. The summed E-state index contributed by atoms with van der Waals surface area (Å²) in [7, 11) is -4.06. The number of nitrogens with one attached hydrogen (secondary N) is 2. The highest BCUT2D eigenvalue weighted by molar-refractivity contribution is 7.90. The quantitative estimate of drug-likeness (QED) is 0.314. The minimum atomic E-state index is -4.06. The van der Waals surface area contributed by atoms with Crippen molar-refractivity contribution < 1.29 is 32.9 Å². The van der Waals surface area contributed by atoms with E-state index in [1.807, 2.05) is 0 Å². The van der Waals surface area contributed by atoms with Gasteiger partial charge in [0.2, 0.25) is 6.79 Å². The zero-order valence-electron chi connectivity index (χ0n) is 27.0.